The fourth-order valence-electron chi connectivity index (χ4n) is 7.25. The number of anilines is 2. The highest BCUT2D eigenvalue weighted by molar-refractivity contribution is 6.23. The predicted octanol–water partition coefficient (Wildman–Crippen LogP) is 4.85. The normalized spacial score (nSPS) is 21.5. The predicted molar refractivity (Wildman–Crippen MR) is 194 cm³/mol. The van der Waals surface area contributed by atoms with Gasteiger partial charge < -0.3 is 24.4 Å². The van der Waals surface area contributed by atoms with Gasteiger partial charge >= 0.3 is 0 Å². The largest absolute Gasteiger partial charge is 0.490 e. The molecular weight excluding hydrogens is 676 g/mol. The first-order valence-electron chi connectivity index (χ1n) is 18.0. The summed E-state index contributed by atoms with van der Waals surface area (Å²) in [6.45, 7) is 7.21. The van der Waals surface area contributed by atoms with Gasteiger partial charge in [0.25, 0.3) is 11.8 Å². The van der Waals surface area contributed by atoms with E-state index in [0.717, 1.165) is 53.4 Å². The second-order valence-electron chi connectivity index (χ2n) is 14.3. The molecule has 4 aromatic rings. The molecule has 1 saturated carbocycles. The molecule has 13 nitrogen and oxygen atoms in total. The number of nitrogens with zero attached hydrogens (tertiary/aromatic N) is 4. The Morgan fingerprint density at radius 1 is 0.849 bits per heavy atom. The van der Waals surface area contributed by atoms with E-state index in [2.05, 4.69) is 63.6 Å². The van der Waals surface area contributed by atoms with E-state index in [-0.39, 0.29) is 41.5 Å². The summed E-state index contributed by atoms with van der Waals surface area (Å²) in [4.78, 5) is 62.2. The van der Waals surface area contributed by atoms with Gasteiger partial charge in [0.1, 0.15) is 23.6 Å². The van der Waals surface area contributed by atoms with Crippen LogP contribution in [-0.4, -0.2) is 83.0 Å². The molecule has 0 bridgehead atoms. The fraction of sp³-hybridized carbons (Fsp3) is 0.350. The zero-order valence-electron chi connectivity index (χ0n) is 29.5. The van der Waals surface area contributed by atoms with Gasteiger partial charge in [-0.3, -0.25) is 29.4 Å². The number of morpholine rings is 1. The molecule has 2 N–H and O–H groups in total. The highest BCUT2D eigenvalue weighted by atomic mass is 16.5. The van der Waals surface area contributed by atoms with E-state index in [0.29, 0.717) is 30.8 Å². The number of imide groups is 2. The van der Waals surface area contributed by atoms with Crippen LogP contribution in [0.5, 0.6) is 17.4 Å². The minimum atomic E-state index is -0.986. The zero-order chi connectivity index (χ0) is 36.7. The molecule has 0 spiro atoms. The van der Waals surface area contributed by atoms with Crippen LogP contribution in [0.25, 0.3) is 0 Å². The van der Waals surface area contributed by atoms with Gasteiger partial charge in [-0.1, -0.05) is 38.1 Å². The average Bonchev–Trinajstić information content (AvgIpc) is 3.39. The molecule has 1 aliphatic carbocycles. The van der Waals surface area contributed by atoms with Crippen molar-refractivity contribution in [3.05, 3.63) is 101 Å². The van der Waals surface area contributed by atoms with Gasteiger partial charge in [-0.15, -0.1) is 0 Å². The molecule has 3 aliphatic heterocycles. The standard InChI is InChI=1S/C40H40N6O7/c1-40(2,25-5-10-29(11-6-25)53-35-15-16-41-39(44-35)45-17-19-51-20-18-45)24-3-8-28(9-4-24)52-30-21-27(22-30)42-26-7-12-31-32(23-26)38(50)46(37(31)49)33-13-14-34(47)43-36(33)48/h3-12,15-16,23,27,30,33,42H,13-14,17-22H2,1-2H3,(H,43,47,48). The fourth-order valence-corrected chi connectivity index (χ4v) is 7.25. The van der Waals surface area contributed by atoms with Crippen LogP contribution < -0.4 is 25.0 Å². The molecule has 8 rings (SSSR count). The molecule has 53 heavy (non-hydrogen) atoms. The summed E-state index contributed by atoms with van der Waals surface area (Å²) in [6, 6.07) is 22.3. The minimum Gasteiger partial charge on any atom is -0.490 e. The lowest BCUT2D eigenvalue weighted by molar-refractivity contribution is -0.136. The first-order valence-corrected chi connectivity index (χ1v) is 18.0. The molecule has 3 fully saturated rings. The molecule has 4 amide bonds. The van der Waals surface area contributed by atoms with E-state index in [1.165, 1.54) is 0 Å². The summed E-state index contributed by atoms with van der Waals surface area (Å²) in [6.07, 6.45) is 3.51. The van der Waals surface area contributed by atoms with Crippen LogP contribution in [0.15, 0.2) is 79.0 Å². The number of amides is 4. The Kier molecular flexibility index (Phi) is 9.03. The number of rotatable bonds is 10. The lowest BCUT2D eigenvalue weighted by Crippen LogP contribution is -2.54. The van der Waals surface area contributed by atoms with Gasteiger partial charge in [-0.25, -0.2) is 4.98 Å². The molecular formula is C40H40N6O7. The third-order valence-electron chi connectivity index (χ3n) is 10.5. The van der Waals surface area contributed by atoms with E-state index in [1.807, 2.05) is 24.3 Å². The van der Waals surface area contributed by atoms with Crippen molar-refractivity contribution in [3.8, 4) is 17.4 Å². The summed E-state index contributed by atoms with van der Waals surface area (Å²) in [5, 5.41) is 5.66. The molecule has 0 radical (unpaired) electrons. The van der Waals surface area contributed by atoms with Crippen LogP contribution in [0.3, 0.4) is 0 Å². The molecule has 13 heteroatoms. The Labute approximate surface area is 306 Å². The van der Waals surface area contributed by atoms with Crippen molar-refractivity contribution in [1.29, 1.82) is 0 Å². The maximum atomic E-state index is 13.2. The number of benzene rings is 3. The van der Waals surface area contributed by atoms with E-state index in [9.17, 15) is 19.2 Å². The van der Waals surface area contributed by atoms with Crippen LogP contribution in [0, 0.1) is 0 Å². The zero-order valence-corrected chi connectivity index (χ0v) is 29.5. The van der Waals surface area contributed by atoms with Crippen LogP contribution in [-0.2, 0) is 19.7 Å². The van der Waals surface area contributed by atoms with E-state index in [4.69, 9.17) is 14.2 Å². The van der Waals surface area contributed by atoms with Crippen molar-refractivity contribution in [2.45, 2.75) is 63.1 Å². The summed E-state index contributed by atoms with van der Waals surface area (Å²) in [5.41, 5.74) is 3.26. The van der Waals surface area contributed by atoms with Crippen LogP contribution in [0.4, 0.5) is 11.6 Å². The quantitative estimate of drug-likeness (QED) is 0.217. The number of fused-ring (bicyclic) bond motifs is 1. The van der Waals surface area contributed by atoms with Gasteiger partial charge in [-0.2, -0.15) is 4.98 Å². The van der Waals surface area contributed by atoms with Crippen LogP contribution in [0.1, 0.15) is 71.4 Å². The van der Waals surface area contributed by atoms with Crippen molar-refractivity contribution < 1.29 is 33.4 Å². The number of aromatic nitrogens is 2. The first-order chi connectivity index (χ1) is 25.6. The number of carbonyl (C=O) groups is 4. The lowest BCUT2D eigenvalue weighted by Gasteiger charge is -2.36. The van der Waals surface area contributed by atoms with Crippen molar-refractivity contribution in [3.63, 3.8) is 0 Å². The monoisotopic (exact) mass is 716 g/mol. The Balaban J connectivity index is 0.832. The highest BCUT2D eigenvalue weighted by Crippen LogP contribution is 2.36. The summed E-state index contributed by atoms with van der Waals surface area (Å²) in [5.74, 6) is 0.573. The summed E-state index contributed by atoms with van der Waals surface area (Å²) < 4.78 is 17.8. The van der Waals surface area contributed by atoms with Gasteiger partial charge in [0.15, 0.2) is 0 Å². The summed E-state index contributed by atoms with van der Waals surface area (Å²) >= 11 is 0. The van der Waals surface area contributed by atoms with Gasteiger partial charge in [0.05, 0.1) is 24.3 Å². The molecule has 272 valence electrons. The van der Waals surface area contributed by atoms with Gasteiger partial charge in [0, 0.05) is 61.8 Å². The van der Waals surface area contributed by atoms with Crippen molar-refractivity contribution in [2.75, 3.05) is 36.5 Å². The van der Waals surface area contributed by atoms with Crippen molar-refractivity contribution in [2.24, 2.45) is 0 Å². The number of hydrogen-bond donors (Lipinski definition) is 2. The van der Waals surface area contributed by atoms with E-state index >= 15 is 0 Å². The minimum absolute atomic E-state index is 0.0411. The smallest absolute Gasteiger partial charge is 0.262 e. The molecule has 1 atom stereocenters. The maximum Gasteiger partial charge on any atom is 0.262 e. The second-order valence-corrected chi connectivity index (χ2v) is 14.3. The maximum absolute atomic E-state index is 13.2. The number of carbonyl (C=O) groups excluding carboxylic acids is 4. The van der Waals surface area contributed by atoms with E-state index in [1.54, 1.807) is 30.5 Å². The van der Waals surface area contributed by atoms with Gasteiger partial charge in [0.2, 0.25) is 23.6 Å². The Morgan fingerprint density at radius 2 is 1.53 bits per heavy atom. The molecule has 2 saturated heterocycles. The number of nitrogens with one attached hydrogen (secondary N) is 2. The van der Waals surface area contributed by atoms with Crippen molar-refractivity contribution >= 4 is 35.3 Å². The Morgan fingerprint density at radius 3 is 2.23 bits per heavy atom. The molecule has 3 aromatic carbocycles. The molecule has 1 aromatic heterocycles. The van der Waals surface area contributed by atoms with Gasteiger partial charge in [-0.05, 0) is 60.0 Å². The Hall–Kier alpha value is -5.82. The Bertz CT molecular complexity index is 2060. The van der Waals surface area contributed by atoms with Crippen molar-refractivity contribution in [1.82, 2.24) is 20.2 Å². The van der Waals surface area contributed by atoms with Crippen LogP contribution in [0.2, 0.25) is 0 Å². The highest BCUT2D eigenvalue weighted by Gasteiger charge is 2.45. The van der Waals surface area contributed by atoms with E-state index < -0.39 is 29.7 Å². The van der Waals surface area contributed by atoms with Crippen LogP contribution >= 0.6 is 0 Å². The third kappa shape index (κ3) is 6.91. The average molecular weight is 717 g/mol. The SMILES string of the molecule is CC(C)(c1ccc(Oc2ccnc(N3CCOCC3)n2)cc1)c1ccc(OC2CC(Nc3ccc4c(c3)C(=O)N(C3CCC(=O)NC3=O)C4=O)C2)cc1. The number of hydrogen-bond acceptors (Lipinski definition) is 11. The second kappa shape index (κ2) is 14.0. The number of ether oxygens (including phenoxy) is 3. The third-order valence-corrected chi connectivity index (χ3v) is 10.5. The molecule has 1 unspecified atom stereocenters. The number of piperidine rings is 1. The topological polar surface area (TPSA) is 152 Å². The molecule has 4 aliphatic rings. The molecule has 4 heterocycles. The summed E-state index contributed by atoms with van der Waals surface area (Å²) in [7, 11) is 0. The first kappa shape index (κ1) is 34.3. The lowest BCUT2D eigenvalue weighted by atomic mass is 9.78.